The van der Waals surface area contributed by atoms with Crippen LogP contribution in [0.15, 0.2) is 182 Å². The molecule has 0 bridgehead atoms. The highest BCUT2D eigenvalue weighted by atomic mass is 14.2. The van der Waals surface area contributed by atoms with Crippen LogP contribution in [0.4, 0.5) is 0 Å². The van der Waals surface area contributed by atoms with Gasteiger partial charge in [0.05, 0.1) is 0 Å². The van der Waals surface area contributed by atoms with Crippen molar-refractivity contribution < 1.29 is 0 Å². The topological polar surface area (TPSA) is 0 Å². The maximum Gasteiger partial charge on any atom is -0.000728 e. The van der Waals surface area contributed by atoms with Crippen molar-refractivity contribution in [1.29, 1.82) is 0 Å². The molecule has 45 heavy (non-hydrogen) atoms. The second-order valence-electron chi connectivity index (χ2n) is 11.7. The normalized spacial score (nSPS) is 11.2. The van der Waals surface area contributed by atoms with Crippen LogP contribution in [0, 0.1) is 0 Å². The van der Waals surface area contributed by atoms with Crippen LogP contribution in [0.25, 0.3) is 66.1 Å². The highest BCUT2D eigenvalue weighted by Crippen LogP contribution is 2.42. The summed E-state index contributed by atoms with van der Waals surface area (Å²) in [7, 11) is 0. The number of hydrogen-bond acceptors (Lipinski definition) is 0. The van der Waals surface area contributed by atoms with Crippen molar-refractivity contribution in [1.82, 2.24) is 0 Å². The standard InChI is InChI=1S/C45H32/c1-3-14-32(15-4-1)33-26-28-34(29-27-33)36-19-13-20-38(30-36)45-42-24-11-9-22-40(42)44(41-23-10-12-25-43(41)45)31-37-18-7-8-21-39(37)35-16-5-2-6-17-35/h1-30H,31H2. The molecule has 0 aliphatic heterocycles. The van der Waals surface area contributed by atoms with Gasteiger partial charge in [0, 0.05) is 0 Å². The molecule has 0 atom stereocenters. The summed E-state index contributed by atoms with van der Waals surface area (Å²) in [5, 5.41) is 5.21. The summed E-state index contributed by atoms with van der Waals surface area (Å²) in [5.41, 5.74) is 12.7. The largest absolute Gasteiger partial charge is 0.0622 e. The molecular weight excluding hydrogens is 540 g/mol. The molecule has 0 saturated heterocycles. The molecule has 8 aromatic rings. The highest BCUT2D eigenvalue weighted by Gasteiger charge is 2.17. The third-order valence-corrected chi connectivity index (χ3v) is 8.99. The second-order valence-corrected chi connectivity index (χ2v) is 11.7. The van der Waals surface area contributed by atoms with Gasteiger partial charge in [0.2, 0.25) is 0 Å². The summed E-state index contributed by atoms with van der Waals surface area (Å²) in [6, 6.07) is 66.0. The van der Waals surface area contributed by atoms with E-state index in [1.807, 2.05) is 0 Å². The Hall–Kier alpha value is -5.72. The monoisotopic (exact) mass is 572 g/mol. The van der Waals surface area contributed by atoms with E-state index < -0.39 is 0 Å². The summed E-state index contributed by atoms with van der Waals surface area (Å²) >= 11 is 0. The van der Waals surface area contributed by atoms with E-state index in [-0.39, 0.29) is 0 Å². The van der Waals surface area contributed by atoms with E-state index in [9.17, 15) is 0 Å². The van der Waals surface area contributed by atoms with Crippen LogP contribution >= 0.6 is 0 Å². The fourth-order valence-corrected chi connectivity index (χ4v) is 6.82. The molecule has 8 rings (SSSR count). The maximum atomic E-state index is 2.36. The highest BCUT2D eigenvalue weighted by molar-refractivity contribution is 6.15. The molecule has 212 valence electrons. The molecule has 0 saturated carbocycles. The Morgan fingerprint density at radius 2 is 0.733 bits per heavy atom. The minimum atomic E-state index is 0.861. The van der Waals surface area contributed by atoms with E-state index in [1.54, 1.807) is 0 Å². The molecule has 0 aliphatic carbocycles. The van der Waals surface area contributed by atoms with Gasteiger partial charge in [-0.1, -0.05) is 176 Å². The molecule has 0 fully saturated rings. The third-order valence-electron chi connectivity index (χ3n) is 8.99. The average Bonchev–Trinajstić information content (AvgIpc) is 3.13. The van der Waals surface area contributed by atoms with Gasteiger partial charge >= 0.3 is 0 Å². The number of rotatable bonds is 6. The first-order chi connectivity index (χ1) is 22.3. The van der Waals surface area contributed by atoms with Gasteiger partial charge in [-0.25, -0.2) is 0 Å². The summed E-state index contributed by atoms with van der Waals surface area (Å²) in [6.45, 7) is 0. The summed E-state index contributed by atoms with van der Waals surface area (Å²) < 4.78 is 0. The number of benzene rings is 8. The average molecular weight is 573 g/mol. The fraction of sp³-hybridized carbons (Fsp3) is 0.0222. The van der Waals surface area contributed by atoms with Gasteiger partial charge in [0.1, 0.15) is 0 Å². The molecule has 0 unspecified atom stereocenters. The van der Waals surface area contributed by atoms with Crippen molar-refractivity contribution in [2.75, 3.05) is 0 Å². The molecular formula is C45H32. The summed E-state index contributed by atoms with van der Waals surface area (Å²) in [4.78, 5) is 0. The van der Waals surface area contributed by atoms with E-state index in [0.717, 1.165) is 6.42 Å². The summed E-state index contributed by atoms with van der Waals surface area (Å²) in [5.74, 6) is 0. The Balaban J connectivity index is 1.27. The minimum absolute atomic E-state index is 0.861. The maximum absolute atomic E-state index is 2.36. The minimum Gasteiger partial charge on any atom is -0.0622 e. The predicted octanol–water partition coefficient (Wildman–Crippen LogP) is 12.3. The lowest BCUT2D eigenvalue weighted by Crippen LogP contribution is -1.97. The van der Waals surface area contributed by atoms with Crippen molar-refractivity contribution in [3.05, 3.63) is 193 Å². The molecule has 0 heteroatoms. The van der Waals surface area contributed by atoms with Crippen LogP contribution in [0.1, 0.15) is 11.1 Å². The van der Waals surface area contributed by atoms with Gasteiger partial charge in [0.15, 0.2) is 0 Å². The SMILES string of the molecule is c1ccc(-c2ccc(-c3cccc(-c4c5ccccc5c(Cc5ccccc5-c5ccccc5)c5ccccc45)c3)cc2)cc1. The molecule has 0 amide bonds. The Labute approximate surface area is 264 Å². The fourth-order valence-electron chi connectivity index (χ4n) is 6.82. The Bertz CT molecular complexity index is 2200. The molecule has 0 radical (unpaired) electrons. The third kappa shape index (κ3) is 5.11. The van der Waals surface area contributed by atoms with Crippen molar-refractivity contribution >= 4 is 21.5 Å². The van der Waals surface area contributed by atoms with Crippen LogP contribution in [0.5, 0.6) is 0 Å². The van der Waals surface area contributed by atoms with Gasteiger partial charge in [-0.2, -0.15) is 0 Å². The van der Waals surface area contributed by atoms with Crippen molar-refractivity contribution in [2.45, 2.75) is 6.42 Å². The lowest BCUT2D eigenvalue weighted by atomic mass is 9.84. The first kappa shape index (κ1) is 26.9. The molecule has 8 aromatic carbocycles. The van der Waals surface area contributed by atoms with Gasteiger partial charge in [0.25, 0.3) is 0 Å². The zero-order valence-electron chi connectivity index (χ0n) is 25.0. The predicted molar refractivity (Wildman–Crippen MR) is 192 cm³/mol. The van der Waals surface area contributed by atoms with E-state index in [2.05, 4.69) is 182 Å². The Kier molecular flexibility index (Phi) is 7.02. The second kappa shape index (κ2) is 11.8. The van der Waals surface area contributed by atoms with Crippen molar-refractivity contribution in [3.8, 4) is 44.5 Å². The molecule has 0 heterocycles. The lowest BCUT2D eigenvalue weighted by Gasteiger charge is -2.19. The molecule has 0 nitrogen and oxygen atoms in total. The van der Waals surface area contributed by atoms with Gasteiger partial charge in [-0.05, 0) is 89.7 Å². The molecule has 0 aromatic heterocycles. The van der Waals surface area contributed by atoms with E-state index in [1.165, 1.54) is 77.2 Å². The van der Waals surface area contributed by atoms with Crippen LogP contribution in [0.3, 0.4) is 0 Å². The van der Waals surface area contributed by atoms with E-state index >= 15 is 0 Å². The smallest absolute Gasteiger partial charge is 0.000728 e. The van der Waals surface area contributed by atoms with Gasteiger partial charge < -0.3 is 0 Å². The molecule has 0 aliphatic rings. The van der Waals surface area contributed by atoms with Gasteiger partial charge in [-0.3, -0.25) is 0 Å². The Morgan fingerprint density at radius 3 is 1.38 bits per heavy atom. The van der Waals surface area contributed by atoms with Crippen molar-refractivity contribution in [2.24, 2.45) is 0 Å². The molecule has 0 spiro atoms. The number of fused-ring (bicyclic) bond motifs is 2. The van der Waals surface area contributed by atoms with E-state index in [0.29, 0.717) is 0 Å². The lowest BCUT2D eigenvalue weighted by molar-refractivity contribution is 1.23. The van der Waals surface area contributed by atoms with E-state index in [4.69, 9.17) is 0 Å². The first-order valence-corrected chi connectivity index (χ1v) is 15.7. The zero-order valence-corrected chi connectivity index (χ0v) is 25.0. The quantitative estimate of drug-likeness (QED) is 0.174. The van der Waals surface area contributed by atoms with Crippen LogP contribution in [0.2, 0.25) is 0 Å². The Morgan fingerprint density at radius 1 is 0.289 bits per heavy atom. The summed E-state index contributed by atoms with van der Waals surface area (Å²) in [6.07, 6.45) is 0.861. The van der Waals surface area contributed by atoms with Crippen LogP contribution in [-0.2, 0) is 6.42 Å². The van der Waals surface area contributed by atoms with Gasteiger partial charge in [-0.15, -0.1) is 0 Å². The number of hydrogen-bond donors (Lipinski definition) is 0. The molecule has 0 N–H and O–H groups in total. The van der Waals surface area contributed by atoms with Crippen LogP contribution in [-0.4, -0.2) is 0 Å². The first-order valence-electron chi connectivity index (χ1n) is 15.7. The zero-order chi connectivity index (χ0) is 30.0. The van der Waals surface area contributed by atoms with Crippen LogP contribution < -0.4 is 0 Å². The van der Waals surface area contributed by atoms with Crippen molar-refractivity contribution in [3.63, 3.8) is 0 Å².